The molecule has 18 heteroatoms. The van der Waals surface area contributed by atoms with E-state index in [0.717, 1.165) is 68.0 Å². The predicted molar refractivity (Wildman–Crippen MR) is 175 cm³/mol. The molecule has 0 atom stereocenters. The summed E-state index contributed by atoms with van der Waals surface area (Å²) >= 11 is 5.29. The van der Waals surface area contributed by atoms with Gasteiger partial charge in [-0.25, -0.2) is 9.59 Å². The highest BCUT2D eigenvalue weighted by atomic mass is 32.2. The van der Waals surface area contributed by atoms with Crippen LogP contribution in [-0.2, 0) is 43.3 Å². The van der Waals surface area contributed by atoms with Gasteiger partial charge in [0.25, 0.3) is 0 Å². The van der Waals surface area contributed by atoms with Crippen molar-refractivity contribution in [3.8, 4) is 0 Å². The van der Waals surface area contributed by atoms with Crippen LogP contribution in [0.25, 0.3) is 0 Å². The predicted octanol–water partition coefficient (Wildman–Crippen LogP) is 1.84. The van der Waals surface area contributed by atoms with Gasteiger partial charge < -0.3 is 23.7 Å². The van der Waals surface area contributed by atoms with E-state index in [0.29, 0.717) is 57.1 Å². The SMILES string of the molecule is O=C(OS(=O)(=O)NCCCN1CCOCC1)C(=O)OS(=O)(=O)N(CCCCCCCNC(=S)Nc1ccncc1)C1CCCCC1. The number of morpholine rings is 1. The second-order valence-corrected chi connectivity index (χ2v) is 14.4. The molecule has 1 aromatic rings. The largest absolute Gasteiger partial charge is 0.435 e. The molecule has 3 rings (SSSR count). The number of hydrogen-bond donors (Lipinski definition) is 3. The Bertz CT molecular complexity index is 1310. The van der Waals surface area contributed by atoms with Crippen LogP contribution in [0.2, 0.25) is 0 Å². The fourth-order valence-electron chi connectivity index (χ4n) is 5.25. The average molecular weight is 707 g/mol. The number of thiocarbonyl (C=S) groups is 1. The summed E-state index contributed by atoms with van der Waals surface area (Å²) in [5, 5.41) is 6.75. The Morgan fingerprint density at radius 3 is 2.28 bits per heavy atom. The van der Waals surface area contributed by atoms with Crippen molar-refractivity contribution < 1.29 is 39.5 Å². The van der Waals surface area contributed by atoms with Gasteiger partial charge in [0.1, 0.15) is 0 Å². The van der Waals surface area contributed by atoms with Crippen molar-refractivity contribution >= 4 is 55.6 Å². The smallest absolute Gasteiger partial charge is 0.379 e. The summed E-state index contributed by atoms with van der Waals surface area (Å²) in [5.41, 5.74) is 0.847. The van der Waals surface area contributed by atoms with E-state index >= 15 is 0 Å². The summed E-state index contributed by atoms with van der Waals surface area (Å²) in [6, 6.07) is 3.25. The molecule has 2 fully saturated rings. The zero-order chi connectivity index (χ0) is 33.3. The standard InChI is InChI=1S/C28H46N6O9S3/c35-26(42-45(37,38)31-15-9-18-33-20-22-41-23-21-33)27(36)43-46(39,40)34(25-10-5-4-6-11-25)19-8-3-1-2-7-14-30-28(44)32-24-12-16-29-17-13-24/h12-13,16-17,25,31H,1-11,14-15,18-23H2,(H2,29,30,32,44). The third kappa shape index (κ3) is 14.5. The minimum Gasteiger partial charge on any atom is -0.379 e. The number of ether oxygens (including phenoxy) is 1. The van der Waals surface area contributed by atoms with Crippen LogP contribution in [0.4, 0.5) is 5.69 Å². The van der Waals surface area contributed by atoms with E-state index in [1.807, 2.05) is 12.1 Å². The molecule has 1 aliphatic heterocycles. The fraction of sp³-hybridized carbons (Fsp3) is 0.714. The van der Waals surface area contributed by atoms with E-state index in [1.54, 1.807) is 12.4 Å². The number of carbonyl (C=O) groups excluding carboxylic acids is 2. The first-order valence-electron chi connectivity index (χ1n) is 15.8. The second-order valence-electron chi connectivity index (χ2n) is 11.1. The van der Waals surface area contributed by atoms with Crippen LogP contribution in [0, 0.1) is 0 Å². The lowest BCUT2D eigenvalue weighted by atomic mass is 9.95. The fourth-order valence-corrected chi connectivity index (χ4v) is 7.47. The molecule has 3 N–H and O–H groups in total. The number of nitrogens with zero attached hydrogens (tertiary/aromatic N) is 3. The van der Waals surface area contributed by atoms with Crippen molar-refractivity contribution in [1.82, 2.24) is 24.2 Å². The van der Waals surface area contributed by atoms with E-state index in [2.05, 4.69) is 33.6 Å². The molecule has 0 amide bonds. The van der Waals surface area contributed by atoms with Crippen LogP contribution < -0.4 is 15.4 Å². The highest BCUT2D eigenvalue weighted by molar-refractivity contribution is 7.85. The van der Waals surface area contributed by atoms with E-state index in [4.69, 9.17) is 17.0 Å². The number of rotatable bonds is 18. The van der Waals surface area contributed by atoms with Crippen LogP contribution >= 0.6 is 12.2 Å². The van der Waals surface area contributed by atoms with E-state index < -0.39 is 32.5 Å². The number of anilines is 1. The van der Waals surface area contributed by atoms with Crippen molar-refractivity contribution in [3.05, 3.63) is 24.5 Å². The highest BCUT2D eigenvalue weighted by Crippen LogP contribution is 2.26. The van der Waals surface area contributed by atoms with Gasteiger partial charge in [0.2, 0.25) is 0 Å². The van der Waals surface area contributed by atoms with Crippen molar-refractivity contribution in [2.24, 2.45) is 0 Å². The van der Waals surface area contributed by atoms with Gasteiger partial charge in [0.15, 0.2) is 5.11 Å². The third-order valence-electron chi connectivity index (χ3n) is 7.61. The molecule has 1 aliphatic carbocycles. The molecule has 260 valence electrons. The lowest BCUT2D eigenvalue weighted by Gasteiger charge is -2.32. The molecule has 0 radical (unpaired) electrons. The first-order valence-corrected chi connectivity index (χ1v) is 19.0. The molecule has 0 unspecified atom stereocenters. The van der Waals surface area contributed by atoms with Gasteiger partial charge in [-0.05, 0) is 63.0 Å². The number of pyridine rings is 1. The normalized spacial score (nSPS) is 16.5. The summed E-state index contributed by atoms with van der Waals surface area (Å²) in [4.78, 5) is 30.6. The first-order chi connectivity index (χ1) is 22.1. The number of nitrogens with one attached hydrogen (secondary N) is 3. The molecule has 1 aromatic heterocycles. The van der Waals surface area contributed by atoms with Crippen molar-refractivity contribution in [2.45, 2.75) is 76.7 Å². The van der Waals surface area contributed by atoms with Gasteiger partial charge in [0.05, 0.1) is 13.2 Å². The minimum absolute atomic E-state index is 0.0384. The minimum atomic E-state index is -4.68. The average Bonchev–Trinajstić information content (AvgIpc) is 3.03. The molecule has 2 heterocycles. The summed E-state index contributed by atoms with van der Waals surface area (Å²) < 4.78 is 67.9. The topological polar surface area (TPSA) is 186 Å². The molecule has 1 saturated carbocycles. The van der Waals surface area contributed by atoms with Crippen LogP contribution in [-0.4, -0.2) is 107 Å². The van der Waals surface area contributed by atoms with E-state index in [1.165, 1.54) is 0 Å². The number of aromatic nitrogens is 1. The zero-order valence-corrected chi connectivity index (χ0v) is 28.5. The summed E-state index contributed by atoms with van der Waals surface area (Å²) in [6.45, 7) is 4.04. The van der Waals surface area contributed by atoms with Crippen LogP contribution in [0.3, 0.4) is 0 Å². The molecule has 46 heavy (non-hydrogen) atoms. The zero-order valence-electron chi connectivity index (χ0n) is 26.1. The molecule has 1 saturated heterocycles. The van der Waals surface area contributed by atoms with Gasteiger partial charge in [-0.15, -0.1) is 0 Å². The molecule has 0 bridgehead atoms. The van der Waals surface area contributed by atoms with Crippen LogP contribution in [0.15, 0.2) is 24.5 Å². The Hall–Kier alpha value is -2.48. The summed E-state index contributed by atoms with van der Waals surface area (Å²) in [6.07, 6.45) is 11.5. The Balaban J connectivity index is 1.38. The molecular formula is C28H46N6O9S3. The Morgan fingerprint density at radius 1 is 0.913 bits per heavy atom. The van der Waals surface area contributed by atoms with E-state index in [-0.39, 0.29) is 19.1 Å². The molecule has 2 aliphatic rings. The third-order valence-corrected chi connectivity index (χ3v) is 10.2. The van der Waals surface area contributed by atoms with Crippen molar-refractivity contribution in [1.29, 1.82) is 0 Å². The molecular weight excluding hydrogens is 661 g/mol. The van der Waals surface area contributed by atoms with Gasteiger partial charge in [-0.3, -0.25) is 9.88 Å². The van der Waals surface area contributed by atoms with Crippen LogP contribution in [0.1, 0.15) is 70.6 Å². The molecule has 15 nitrogen and oxygen atoms in total. The second kappa shape index (κ2) is 20.0. The first kappa shape index (κ1) is 38.0. The van der Waals surface area contributed by atoms with Gasteiger partial charge in [0, 0.05) is 56.8 Å². The maximum atomic E-state index is 13.1. The van der Waals surface area contributed by atoms with Gasteiger partial charge in [-0.1, -0.05) is 38.5 Å². The molecule has 0 spiro atoms. The Labute approximate surface area is 277 Å². The van der Waals surface area contributed by atoms with Gasteiger partial charge in [-0.2, -0.15) is 25.9 Å². The van der Waals surface area contributed by atoms with Crippen molar-refractivity contribution in [2.75, 3.05) is 57.8 Å². The van der Waals surface area contributed by atoms with Crippen LogP contribution in [0.5, 0.6) is 0 Å². The summed E-state index contributed by atoms with van der Waals surface area (Å²) in [5.74, 6) is -3.85. The van der Waals surface area contributed by atoms with E-state index in [9.17, 15) is 26.4 Å². The van der Waals surface area contributed by atoms with Crippen molar-refractivity contribution in [3.63, 3.8) is 0 Å². The Kier molecular flexibility index (Phi) is 16.5. The van der Waals surface area contributed by atoms with Gasteiger partial charge >= 0.3 is 32.5 Å². The Morgan fingerprint density at radius 2 is 1.57 bits per heavy atom. The lowest BCUT2D eigenvalue weighted by Crippen LogP contribution is -2.44. The quantitative estimate of drug-likeness (QED) is 0.114. The maximum Gasteiger partial charge on any atom is 0.435 e. The monoisotopic (exact) mass is 706 g/mol. The lowest BCUT2D eigenvalue weighted by molar-refractivity contribution is -0.156. The highest BCUT2D eigenvalue weighted by Gasteiger charge is 2.37. The molecule has 0 aromatic carbocycles. The maximum absolute atomic E-state index is 13.1. The number of carbonyl (C=O) groups is 2. The summed E-state index contributed by atoms with van der Waals surface area (Å²) in [7, 11) is -9.32. The number of unbranched alkanes of at least 4 members (excludes halogenated alkanes) is 4. The number of hydrogen-bond acceptors (Lipinski definition) is 12.